The lowest BCUT2D eigenvalue weighted by Gasteiger charge is -2.32. The van der Waals surface area contributed by atoms with E-state index in [0.717, 1.165) is 38.8 Å². The second-order valence-electron chi connectivity index (χ2n) is 5.21. The summed E-state index contributed by atoms with van der Waals surface area (Å²) in [5.41, 5.74) is 0. The molecule has 2 fully saturated rings. The lowest BCUT2D eigenvalue weighted by molar-refractivity contribution is 0.171. The van der Waals surface area contributed by atoms with Gasteiger partial charge in [0.15, 0.2) is 0 Å². The predicted molar refractivity (Wildman–Crippen MR) is 65.1 cm³/mol. The van der Waals surface area contributed by atoms with Gasteiger partial charge in [0.05, 0.1) is 0 Å². The Labute approximate surface area is 98.6 Å². The van der Waals surface area contributed by atoms with Crippen molar-refractivity contribution in [2.45, 2.75) is 51.0 Å². The number of nitrogens with zero attached hydrogens (tertiary/aromatic N) is 1. The van der Waals surface area contributed by atoms with Crippen molar-refractivity contribution in [3.8, 4) is 0 Å². The molecule has 1 saturated carbocycles. The van der Waals surface area contributed by atoms with E-state index in [2.05, 4.69) is 12.2 Å². The van der Waals surface area contributed by atoms with Crippen LogP contribution in [0.15, 0.2) is 0 Å². The first-order valence-corrected chi connectivity index (χ1v) is 6.64. The summed E-state index contributed by atoms with van der Waals surface area (Å²) in [6.45, 7) is 5.81. The molecule has 2 rings (SSSR count). The molecule has 1 radical (unpaired) electrons. The molecule has 91 valence electrons. The number of nitrogens with one attached hydrogen (secondary N) is 1. The molecule has 1 heterocycles. The fourth-order valence-corrected chi connectivity index (χ4v) is 2.65. The van der Waals surface area contributed by atoms with Crippen LogP contribution in [0.4, 0.5) is 4.79 Å². The van der Waals surface area contributed by atoms with Crippen LogP contribution in [0.25, 0.3) is 0 Å². The first kappa shape index (κ1) is 11.7. The first-order chi connectivity index (χ1) is 7.75. The number of hydrogen-bond acceptors (Lipinski definition) is 1. The van der Waals surface area contributed by atoms with Crippen molar-refractivity contribution in [3.63, 3.8) is 0 Å². The third-order valence-electron chi connectivity index (χ3n) is 3.83. The highest BCUT2D eigenvalue weighted by Crippen LogP contribution is 2.19. The molecule has 16 heavy (non-hydrogen) atoms. The van der Waals surface area contributed by atoms with Crippen molar-refractivity contribution in [1.82, 2.24) is 10.2 Å². The minimum atomic E-state index is 0.152. The summed E-state index contributed by atoms with van der Waals surface area (Å²) >= 11 is 0. The first-order valence-electron chi connectivity index (χ1n) is 6.64. The monoisotopic (exact) mass is 223 g/mol. The van der Waals surface area contributed by atoms with Crippen LogP contribution >= 0.6 is 0 Å². The van der Waals surface area contributed by atoms with Gasteiger partial charge < -0.3 is 10.2 Å². The number of urea groups is 1. The molecule has 1 N–H and O–H groups in total. The summed E-state index contributed by atoms with van der Waals surface area (Å²) in [6.07, 6.45) is 8.31. The Bertz CT molecular complexity index is 228. The van der Waals surface area contributed by atoms with Crippen LogP contribution in [0, 0.1) is 12.8 Å². The summed E-state index contributed by atoms with van der Waals surface area (Å²) in [5, 5.41) is 3.17. The molecule has 1 aliphatic heterocycles. The zero-order valence-corrected chi connectivity index (χ0v) is 10.1. The molecule has 2 amide bonds. The summed E-state index contributed by atoms with van der Waals surface area (Å²) < 4.78 is 0. The molecule has 3 heteroatoms. The number of amides is 2. The third-order valence-corrected chi connectivity index (χ3v) is 3.83. The van der Waals surface area contributed by atoms with E-state index in [1.807, 2.05) is 4.90 Å². The number of hydrogen-bond donors (Lipinski definition) is 1. The van der Waals surface area contributed by atoms with Crippen LogP contribution < -0.4 is 5.32 Å². The second-order valence-corrected chi connectivity index (χ2v) is 5.21. The van der Waals surface area contributed by atoms with E-state index in [9.17, 15) is 4.79 Å². The molecule has 2 aliphatic rings. The quantitative estimate of drug-likeness (QED) is 0.728. The average molecular weight is 223 g/mol. The van der Waals surface area contributed by atoms with Crippen LogP contribution in [0.1, 0.15) is 44.9 Å². The van der Waals surface area contributed by atoms with Crippen LogP contribution in [-0.4, -0.2) is 30.1 Å². The molecule has 0 unspecified atom stereocenters. The number of rotatable bonds is 1. The Morgan fingerprint density at radius 2 is 1.69 bits per heavy atom. The zero-order chi connectivity index (χ0) is 11.4. The maximum atomic E-state index is 12.0. The maximum Gasteiger partial charge on any atom is 0.317 e. The Balaban J connectivity index is 1.74. The highest BCUT2D eigenvalue weighted by Gasteiger charge is 2.23. The van der Waals surface area contributed by atoms with Crippen molar-refractivity contribution < 1.29 is 4.79 Å². The highest BCUT2D eigenvalue weighted by atomic mass is 16.2. The lowest BCUT2D eigenvalue weighted by atomic mass is 9.95. The SMILES string of the molecule is [CH2]C1CCN(C(=O)NC2CCCCC2)CC1. The maximum absolute atomic E-state index is 12.0. The van der Waals surface area contributed by atoms with E-state index in [1.54, 1.807) is 0 Å². The van der Waals surface area contributed by atoms with E-state index in [-0.39, 0.29) is 6.03 Å². The van der Waals surface area contributed by atoms with Gasteiger partial charge in [0.1, 0.15) is 0 Å². The van der Waals surface area contributed by atoms with Gasteiger partial charge in [0, 0.05) is 19.1 Å². The van der Waals surface area contributed by atoms with Crippen LogP contribution in [-0.2, 0) is 0 Å². The number of piperidine rings is 1. The number of carbonyl (C=O) groups is 1. The van der Waals surface area contributed by atoms with E-state index in [1.165, 1.54) is 19.3 Å². The summed E-state index contributed by atoms with van der Waals surface area (Å²) in [7, 11) is 0. The lowest BCUT2D eigenvalue weighted by Crippen LogP contribution is -2.48. The Morgan fingerprint density at radius 1 is 1.06 bits per heavy atom. The topological polar surface area (TPSA) is 32.3 Å². The van der Waals surface area contributed by atoms with E-state index in [4.69, 9.17) is 0 Å². The van der Waals surface area contributed by atoms with Crippen molar-refractivity contribution in [3.05, 3.63) is 6.92 Å². The minimum Gasteiger partial charge on any atom is -0.335 e. The van der Waals surface area contributed by atoms with Gasteiger partial charge in [-0.2, -0.15) is 0 Å². The minimum absolute atomic E-state index is 0.152. The third kappa shape index (κ3) is 3.13. The van der Waals surface area contributed by atoms with E-state index >= 15 is 0 Å². The normalized spacial score (nSPS) is 24.4. The molecule has 0 spiro atoms. The van der Waals surface area contributed by atoms with Crippen LogP contribution in [0.5, 0.6) is 0 Å². The average Bonchev–Trinajstić information content (AvgIpc) is 2.31. The van der Waals surface area contributed by atoms with Gasteiger partial charge in [-0.05, 0) is 31.6 Å². The Morgan fingerprint density at radius 3 is 2.31 bits per heavy atom. The van der Waals surface area contributed by atoms with Gasteiger partial charge in [-0.3, -0.25) is 0 Å². The summed E-state index contributed by atoms with van der Waals surface area (Å²) in [6, 6.07) is 0.581. The fourth-order valence-electron chi connectivity index (χ4n) is 2.65. The molecule has 0 aromatic rings. The summed E-state index contributed by atoms with van der Waals surface area (Å²) in [5.74, 6) is 0.540. The van der Waals surface area contributed by atoms with Gasteiger partial charge >= 0.3 is 6.03 Å². The van der Waals surface area contributed by atoms with Gasteiger partial charge in [-0.15, -0.1) is 0 Å². The molecule has 1 saturated heterocycles. The molecular weight excluding hydrogens is 200 g/mol. The molecule has 3 nitrogen and oxygen atoms in total. The van der Waals surface area contributed by atoms with Gasteiger partial charge in [-0.1, -0.05) is 26.2 Å². The smallest absolute Gasteiger partial charge is 0.317 e. The van der Waals surface area contributed by atoms with Gasteiger partial charge in [0.2, 0.25) is 0 Å². The Kier molecular flexibility index (Phi) is 4.08. The highest BCUT2D eigenvalue weighted by molar-refractivity contribution is 5.74. The second kappa shape index (κ2) is 5.55. The number of carbonyl (C=O) groups excluding carboxylic acids is 1. The standard InChI is InChI=1S/C13H23N2O/c1-11-7-9-15(10-8-11)13(16)14-12-5-3-2-4-6-12/h11-12H,1-10H2,(H,14,16). The Hall–Kier alpha value is -0.730. The molecule has 0 atom stereocenters. The van der Waals surface area contributed by atoms with Gasteiger partial charge in [-0.25, -0.2) is 4.79 Å². The van der Waals surface area contributed by atoms with Crippen molar-refractivity contribution in [2.24, 2.45) is 5.92 Å². The molecule has 1 aliphatic carbocycles. The molecular formula is C13H23N2O. The molecule has 0 bridgehead atoms. The van der Waals surface area contributed by atoms with Gasteiger partial charge in [0.25, 0.3) is 0 Å². The van der Waals surface area contributed by atoms with Crippen molar-refractivity contribution in [2.75, 3.05) is 13.1 Å². The predicted octanol–water partition coefficient (Wildman–Crippen LogP) is 2.57. The number of likely N-dealkylation sites (tertiary alicyclic amines) is 1. The largest absolute Gasteiger partial charge is 0.335 e. The van der Waals surface area contributed by atoms with Crippen molar-refractivity contribution >= 4 is 6.03 Å². The van der Waals surface area contributed by atoms with E-state index < -0.39 is 0 Å². The molecule has 0 aromatic carbocycles. The zero-order valence-electron chi connectivity index (χ0n) is 10.1. The van der Waals surface area contributed by atoms with Crippen molar-refractivity contribution in [1.29, 1.82) is 0 Å². The van der Waals surface area contributed by atoms with Crippen LogP contribution in [0.3, 0.4) is 0 Å². The van der Waals surface area contributed by atoms with Crippen LogP contribution in [0.2, 0.25) is 0 Å². The molecule has 0 aromatic heterocycles. The fraction of sp³-hybridized carbons (Fsp3) is 0.846. The summed E-state index contributed by atoms with van der Waals surface area (Å²) in [4.78, 5) is 13.9. The van der Waals surface area contributed by atoms with E-state index in [0.29, 0.717) is 12.0 Å².